The van der Waals surface area contributed by atoms with Crippen molar-refractivity contribution in [3.05, 3.63) is 35.4 Å². The fourth-order valence-electron chi connectivity index (χ4n) is 5.98. The number of benzene rings is 1. The van der Waals surface area contributed by atoms with Gasteiger partial charge in [-0.1, -0.05) is 12.1 Å². The molecule has 5 atom stereocenters. The number of hydrogen-bond acceptors (Lipinski definition) is 7. The highest BCUT2D eigenvalue weighted by molar-refractivity contribution is 5.94. The van der Waals surface area contributed by atoms with Gasteiger partial charge in [0.05, 0.1) is 18.2 Å². The second kappa shape index (κ2) is 11.5. The smallest absolute Gasteiger partial charge is 0.408 e. The second-order valence-electron chi connectivity index (χ2n) is 12.1. The minimum Gasteiger partial charge on any atom is -0.444 e. The molecule has 3 heterocycles. The number of carbonyl (C=O) groups is 4. The first-order chi connectivity index (χ1) is 18.8. The summed E-state index contributed by atoms with van der Waals surface area (Å²) < 4.78 is 5.41. The molecule has 0 saturated carbocycles. The zero-order chi connectivity index (χ0) is 29.4. The second-order valence-corrected chi connectivity index (χ2v) is 12.1. The quantitative estimate of drug-likeness (QED) is 0.549. The number of piperazine rings is 1. The lowest BCUT2D eigenvalue weighted by molar-refractivity contribution is -0.141. The number of amides is 4. The van der Waals surface area contributed by atoms with Gasteiger partial charge >= 0.3 is 6.09 Å². The Hall–Kier alpha value is -3.65. The van der Waals surface area contributed by atoms with E-state index in [1.807, 2.05) is 34.9 Å². The molecular weight excluding hydrogens is 512 g/mol. The molecule has 11 nitrogen and oxygen atoms in total. The summed E-state index contributed by atoms with van der Waals surface area (Å²) in [4.78, 5) is 59.1. The number of fused-ring (bicyclic) bond motifs is 2. The van der Waals surface area contributed by atoms with Crippen LogP contribution in [0, 0.1) is 11.3 Å². The molecule has 4 rings (SSSR count). The minimum absolute atomic E-state index is 0.0346. The molecule has 0 spiro atoms. The summed E-state index contributed by atoms with van der Waals surface area (Å²) in [5, 5.41) is 12.2. The van der Waals surface area contributed by atoms with Crippen LogP contribution >= 0.6 is 0 Å². The van der Waals surface area contributed by atoms with Gasteiger partial charge in [0.25, 0.3) is 5.91 Å². The summed E-state index contributed by atoms with van der Waals surface area (Å²) in [6, 6.07) is 7.37. The van der Waals surface area contributed by atoms with Gasteiger partial charge in [0.2, 0.25) is 11.8 Å². The van der Waals surface area contributed by atoms with Crippen molar-refractivity contribution < 1.29 is 23.9 Å². The molecule has 40 heavy (non-hydrogen) atoms. The first kappa shape index (κ1) is 29.3. The lowest BCUT2D eigenvalue weighted by atomic mass is 10.0. The molecule has 1 N–H and O–H groups in total. The number of nitrogens with zero attached hydrogens (tertiary/aromatic N) is 5. The molecule has 3 aliphatic rings. The Kier molecular flexibility index (Phi) is 8.40. The fourth-order valence-corrected chi connectivity index (χ4v) is 5.98. The molecule has 3 fully saturated rings. The Morgan fingerprint density at radius 2 is 1.98 bits per heavy atom. The van der Waals surface area contributed by atoms with E-state index in [2.05, 4.69) is 11.4 Å². The Balaban J connectivity index is 1.48. The molecule has 11 heteroatoms. The average Bonchev–Trinajstić information content (AvgIpc) is 3.60. The van der Waals surface area contributed by atoms with E-state index in [1.165, 1.54) is 9.80 Å². The van der Waals surface area contributed by atoms with Crippen LogP contribution < -0.4 is 5.32 Å². The monoisotopic (exact) mass is 552 g/mol. The highest BCUT2D eigenvalue weighted by atomic mass is 16.6. The maximum Gasteiger partial charge on any atom is 0.408 e. The van der Waals surface area contributed by atoms with Crippen molar-refractivity contribution in [2.75, 3.05) is 33.7 Å². The van der Waals surface area contributed by atoms with Crippen LogP contribution in [0.5, 0.6) is 0 Å². The lowest BCUT2D eigenvalue weighted by Crippen LogP contribution is -2.59. The number of hydrogen-bond donors (Lipinski definition) is 1. The molecule has 216 valence electrons. The molecule has 3 unspecified atom stereocenters. The standard InChI is InChI=1S/C29H40N6O5/c1-18(19-9-7-10-20(13-19)25(36)32(5)6)35-22-14-24(27(35)38)33(16-22)17-23(31-28(39)40-29(2,3)4)26(37)34-12-8-11-21(34)15-30/h7,9-10,13,18,21-24H,8,11-12,14,16-17H2,1-6H3,(H,31,39)/t18-,21?,22-,23?,24?/m0/s1. The normalized spacial score (nSPS) is 24.0. The van der Waals surface area contributed by atoms with Crippen molar-refractivity contribution in [3.8, 4) is 6.07 Å². The maximum absolute atomic E-state index is 13.6. The van der Waals surface area contributed by atoms with Crippen LogP contribution in [0.2, 0.25) is 0 Å². The molecule has 4 amide bonds. The van der Waals surface area contributed by atoms with Crippen molar-refractivity contribution in [2.45, 2.75) is 82.8 Å². The number of rotatable bonds is 7. The molecule has 1 aromatic carbocycles. The van der Waals surface area contributed by atoms with Gasteiger partial charge in [0.15, 0.2) is 0 Å². The van der Waals surface area contributed by atoms with Crippen LogP contribution in [-0.4, -0.2) is 107 Å². The van der Waals surface area contributed by atoms with Crippen LogP contribution in [0.15, 0.2) is 24.3 Å². The third-order valence-electron chi connectivity index (χ3n) is 7.84. The van der Waals surface area contributed by atoms with Gasteiger partial charge in [-0.25, -0.2) is 4.79 Å². The fraction of sp³-hybridized carbons (Fsp3) is 0.621. The topological polar surface area (TPSA) is 126 Å². The molecule has 3 aliphatic heterocycles. The molecule has 0 aromatic heterocycles. The van der Waals surface area contributed by atoms with Crippen LogP contribution in [0.25, 0.3) is 0 Å². The number of likely N-dealkylation sites (tertiary alicyclic amines) is 3. The summed E-state index contributed by atoms with van der Waals surface area (Å²) in [5.74, 6) is -0.468. The number of ether oxygens (including phenoxy) is 1. The van der Waals surface area contributed by atoms with E-state index >= 15 is 0 Å². The van der Waals surface area contributed by atoms with Crippen molar-refractivity contribution in [1.29, 1.82) is 5.26 Å². The minimum atomic E-state index is -0.949. The van der Waals surface area contributed by atoms with Gasteiger partial charge in [-0.05, 0) is 64.7 Å². The van der Waals surface area contributed by atoms with E-state index in [0.29, 0.717) is 31.5 Å². The summed E-state index contributed by atoms with van der Waals surface area (Å²) in [6.07, 6.45) is 1.24. The SMILES string of the molecule is C[C@@H](c1cccc(C(=O)N(C)C)c1)N1C(=O)C2C[C@H]1CN2CC(NC(=O)OC(C)(C)C)C(=O)N1CCCC1C#N. The van der Waals surface area contributed by atoms with E-state index in [1.54, 1.807) is 40.9 Å². The molecule has 0 radical (unpaired) electrons. The summed E-state index contributed by atoms with van der Waals surface area (Å²) in [7, 11) is 3.41. The van der Waals surface area contributed by atoms with Gasteiger partial charge in [0, 0.05) is 45.3 Å². The Morgan fingerprint density at radius 3 is 2.60 bits per heavy atom. The molecule has 1 aromatic rings. The summed E-state index contributed by atoms with van der Waals surface area (Å²) in [6.45, 7) is 8.36. The van der Waals surface area contributed by atoms with Crippen molar-refractivity contribution in [2.24, 2.45) is 0 Å². The first-order valence-electron chi connectivity index (χ1n) is 13.9. The van der Waals surface area contributed by atoms with Crippen molar-refractivity contribution >= 4 is 23.8 Å². The van der Waals surface area contributed by atoms with E-state index in [-0.39, 0.29) is 36.3 Å². The molecular formula is C29H40N6O5. The summed E-state index contributed by atoms with van der Waals surface area (Å²) in [5.41, 5.74) is 0.713. The molecule has 2 bridgehead atoms. The van der Waals surface area contributed by atoms with E-state index < -0.39 is 29.8 Å². The highest BCUT2D eigenvalue weighted by Gasteiger charge is 2.52. The van der Waals surface area contributed by atoms with E-state index in [9.17, 15) is 24.4 Å². The number of nitriles is 1. The van der Waals surface area contributed by atoms with Gasteiger partial charge in [-0.3, -0.25) is 19.3 Å². The van der Waals surface area contributed by atoms with E-state index in [0.717, 1.165) is 12.0 Å². The van der Waals surface area contributed by atoms with Gasteiger partial charge in [0.1, 0.15) is 17.7 Å². The Morgan fingerprint density at radius 1 is 1.25 bits per heavy atom. The Labute approximate surface area is 236 Å². The van der Waals surface area contributed by atoms with Crippen LogP contribution in [0.3, 0.4) is 0 Å². The van der Waals surface area contributed by atoms with Crippen molar-refractivity contribution in [1.82, 2.24) is 24.9 Å². The molecule has 3 saturated heterocycles. The zero-order valence-electron chi connectivity index (χ0n) is 24.2. The zero-order valence-corrected chi connectivity index (χ0v) is 24.2. The largest absolute Gasteiger partial charge is 0.444 e. The highest BCUT2D eigenvalue weighted by Crippen LogP contribution is 2.38. The molecule has 0 aliphatic carbocycles. The number of nitrogens with one attached hydrogen (secondary N) is 1. The third kappa shape index (κ3) is 6.07. The van der Waals surface area contributed by atoms with Gasteiger partial charge in [-0.2, -0.15) is 5.26 Å². The van der Waals surface area contributed by atoms with E-state index in [4.69, 9.17) is 4.74 Å². The lowest BCUT2D eigenvalue weighted by Gasteiger charge is -2.39. The Bertz CT molecular complexity index is 1200. The predicted octanol–water partition coefficient (Wildman–Crippen LogP) is 2.14. The third-order valence-corrected chi connectivity index (χ3v) is 7.84. The summed E-state index contributed by atoms with van der Waals surface area (Å²) >= 11 is 0. The van der Waals surface area contributed by atoms with Crippen LogP contribution in [0.4, 0.5) is 4.79 Å². The maximum atomic E-state index is 13.6. The van der Waals surface area contributed by atoms with Crippen LogP contribution in [0.1, 0.15) is 68.9 Å². The number of alkyl carbamates (subject to hydrolysis) is 1. The van der Waals surface area contributed by atoms with Crippen molar-refractivity contribution in [3.63, 3.8) is 0 Å². The average molecular weight is 553 g/mol. The van der Waals surface area contributed by atoms with Gasteiger partial charge < -0.3 is 24.8 Å². The van der Waals surface area contributed by atoms with Crippen LogP contribution in [-0.2, 0) is 14.3 Å². The van der Waals surface area contributed by atoms with Gasteiger partial charge in [-0.15, -0.1) is 0 Å². The number of carbonyl (C=O) groups excluding carboxylic acids is 4. The first-order valence-corrected chi connectivity index (χ1v) is 13.9. The predicted molar refractivity (Wildman–Crippen MR) is 147 cm³/mol.